The Balaban J connectivity index is 1.87. The van der Waals surface area contributed by atoms with Crippen LogP contribution < -0.4 is 15.4 Å². The molecule has 1 aromatic heterocycles. The van der Waals surface area contributed by atoms with Crippen molar-refractivity contribution >= 4 is 38.7 Å². The molecule has 0 saturated heterocycles. The monoisotopic (exact) mass is 457 g/mol. The molecule has 0 aliphatic heterocycles. The minimum absolute atomic E-state index is 0.00300. The molecule has 0 fully saturated rings. The first kappa shape index (κ1) is 22.5. The molecule has 0 spiro atoms. The van der Waals surface area contributed by atoms with Crippen molar-refractivity contribution < 1.29 is 17.6 Å². The topological polar surface area (TPSA) is 93.5 Å². The zero-order valence-electron chi connectivity index (χ0n) is 17.4. The molecule has 162 valence electrons. The Labute approximate surface area is 187 Å². The van der Waals surface area contributed by atoms with Crippen LogP contribution in [0.3, 0.4) is 0 Å². The van der Waals surface area contributed by atoms with Gasteiger partial charge in [-0.3, -0.25) is 0 Å². The van der Waals surface area contributed by atoms with E-state index >= 15 is 0 Å². The summed E-state index contributed by atoms with van der Waals surface area (Å²) >= 11 is 5.38. The molecule has 3 rings (SSSR count). The SMILES string of the molecule is C/C=C\NC(=S)c1cccc(-c2cnc(Nc3cc(S(=O)(=O)CC)ccc3OC)o2)c1. The van der Waals surface area contributed by atoms with Gasteiger partial charge in [-0.2, -0.15) is 0 Å². The average molecular weight is 458 g/mol. The number of hydrogen-bond acceptors (Lipinski definition) is 7. The molecule has 2 aromatic carbocycles. The van der Waals surface area contributed by atoms with E-state index in [1.807, 2.05) is 37.3 Å². The van der Waals surface area contributed by atoms with Gasteiger partial charge in [0.15, 0.2) is 15.6 Å². The van der Waals surface area contributed by atoms with E-state index in [2.05, 4.69) is 15.6 Å². The minimum Gasteiger partial charge on any atom is -0.495 e. The van der Waals surface area contributed by atoms with Gasteiger partial charge in [0.1, 0.15) is 10.7 Å². The molecule has 3 aromatic rings. The summed E-state index contributed by atoms with van der Waals surface area (Å²) in [5, 5.41) is 6.03. The van der Waals surface area contributed by atoms with Gasteiger partial charge in [-0.25, -0.2) is 13.4 Å². The lowest BCUT2D eigenvalue weighted by Gasteiger charge is -2.11. The van der Waals surface area contributed by atoms with Gasteiger partial charge in [0.2, 0.25) is 0 Å². The Morgan fingerprint density at radius 1 is 1.26 bits per heavy atom. The fraction of sp³-hybridized carbons (Fsp3) is 0.182. The number of aromatic nitrogens is 1. The number of hydrogen-bond donors (Lipinski definition) is 2. The fourth-order valence-corrected chi connectivity index (χ4v) is 3.88. The van der Waals surface area contributed by atoms with Crippen molar-refractivity contribution in [2.45, 2.75) is 18.7 Å². The Morgan fingerprint density at radius 2 is 2.06 bits per heavy atom. The number of allylic oxidation sites excluding steroid dienone is 1. The number of benzene rings is 2. The maximum atomic E-state index is 12.2. The van der Waals surface area contributed by atoms with Crippen LogP contribution in [0.25, 0.3) is 11.3 Å². The molecule has 0 unspecified atom stereocenters. The highest BCUT2D eigenvalue weighted by atomic mass is 32.2. The second-order valence-corrected chi connectivity index (χ2v) is 9.16. The third-order valence-electron chi connectivity index (χ3n) is 4.45. The summed E-state index contributed by atoms with van der Waals surface area (Å²) in [6, 6.07) is 12.4. The highest BCUT2D eigenvalue weighted by molar-refractivity contribution is 7.91. The highest BCUT2D eigenvalue weighted by Crippen LogP contribution is 2.32. The third kappa shape index (κ3) is 5.31. The zero-order chi connectivity index (χ0) is 22.4. The van der Waals surface area contributed by atoms with Gasteiger partial charge in [0.05, 0.1) is 29.6 Å². The van der Waals surface area contributed by atoms with Gasteiger partial charge in [-0.05, 0) is 37.4 Å². The van der Waals surface area contributed by atoms with E-state index in [9.17, 15) is 8.42 Å². The molecule has 7 nitrogen and oxygen atoms in total. The molecule has 0 aliphatic rings. The molecule has 0 radical (unpaired) electrons. The normalized spacial score (nSPS) is 11.5. The number of thiocarbonyl (C=S) groups is 1. The standard InChI is InChI=1S/C22H23N3O4S2/c1-4-11-23-21(30)16-8-6-7-15(12-16)20-14-24-22(29-20)25-18-13-17(31(26,27)5-2)9-10-19(18)28-3/h4,6-14H,5H2,1-3H3,(H,23,30)(H,24,25)/b11-4-. The lowest BCUT2D eigenvalue weighted by molar-refractivity contribution is 0.416. The number of nitrogens with zero attached hydrogens (tertiary/aromatic N) is 1. The molecule has 0 saturated carbocycles. The number of anilines is 2. The average Bonchev–Trinajstić information content (AvgIpc) is 3.26. The summed E-state index contributed by atoms with van der Waals surface area (Å²) in [4.78, 5) is 5.05. The van der Waals surface area contributed by atoms with Crippen molar-refractivity contribution in [2.75, 3.05) is 18.2 Å². The fourth-order valence-electron chi connectivity index (χ4n) is 2.78. The largest absolute Gasteiger partial charge is 0.495 e. The van der Waals surface area contributed by atoms with Crippen LogP contribution in [0, 0.1) is 0 Å². The second-order valence-electron chi connectivity index (χ2n) is 6.47. The Kier molecular flexibility index (Phi) is 7.09. The number of nitrogens with one attached hydrogen (secondary N) is 2. The predicted octanol–water partition coefficient (Wildman–Crippen LogP) is 4.69. The smallest absolute Gasteiger partial charge is 0.299 e. The number of methoxy groups -OCH3 is 1. The lowest BCUT2D eigenvalue weighted by Crippen LogP contribution is -2.15. The summed E-state index contributed by atoms with van der Waals surface area (Å²) in [7, 11) is -1.86. The van der Waals surface area contributed by atoms with Gasteiger partial charge in [-0.15, -0.1) is 0 Å². The number of rotatable bonds is 8. The van der Waals surface area contributed by atoms with Crippen LogP contribution in [0.1, 0.15) is 19.4 Å². The maximum absolute atomic E-state index is 12.2. The number of ether oxygens (including phenoxy) is 1. The first-order valence-corrected chi connectivity index (χ1v) is 11.6. The summed E-state index contributed by atoms with van der Waals surface area (Å²) < 4.78 is 35.6. The van der Waals surface area contributed by atoms with Crippen LogP contribution in [0.15, 0.2) is 70.3 Å². The van der Waals surface area contributed by atoms with Crippen molar-refractivity contribution in [3.8, 4) is 17.1 Å². The zero-order valence-corrected chi connectivity index (χ0v) is 19.0. The number of oxazole rings is 1. The Hall–Kier alpha value is -3.17. The molecule has 0 amide bonds. The Morgan fingerprint density at radius 3 is 2.77 bits per heavy atom. The van der Waals surface area contributed by atoms with Crippen molar-refractivity contribution in [3.63, 3.8) is 0 Å². The van der Waals surface area contributed by atoms with Crippen LogP contribution >= 0.6 is 12.2 Å². The summed E-state index contributed by atoms with van der Waals surface area (Å²) in [5.74, 6) is 1.01. The van der Waals surface area contributed by atoms with E-state index in [0.29, 0.717) is 22.2 Å². The van der Waals surface area contributed by atoms with Crippen LogP contribution in [-0.4, -0.2) is 31.3 Å². The van der Waals surface area contributed by atoms with Gasteiger partial charge < -0.3 is 19.8 Å². The molecule has 0 atom stereocenters. The van der Waals surface area contributed by atoms with Crippen molar-refractivity contribution in [1.29, 1.82) is 0 Å². The molecule has 31 heavy (non-hydrogen) atoms. The molecular formula is C22H23N3O4S2. The van der Waals surface area contributed by atoms with Gasteiger partial charge in [0.25, 0.3) is 6.01 Å². The summed E-state index contributed by atoms with van der Waals surface area (Å²) in [6.45, 7) is 3.50. The first-order chi connectivity index (χ1) is 14.9. The van der Waals surface area contributed by atoms with Crippen molar-refractivity contribution in [3.05, 3.63) is 66.5 Å². The van der Waals surface area contributed by atoms with Gasteiger partial charge in [-0.1, -0.05) is 43.4 Å². The van der Waals surface area contributed by atoms with E-state index in [-0.39, 0.29) is 16.7 Å². The van der Waals surface area contributed by atoms with E-state index in [1.165, 1.54) is 19.2 Å². The van der Waals surface area contributed by atoms with E-state index in [0.717, 1.165) is 11.1 Å². The van der Waals surface area contributed by atoms with Crippen molar-refractivity contribution in [2.24, 2.45) is 0 Å². The maximum Gasteiger partial charge on any atom is 0.299 e. The lowest BCUT2D eigenvalue weighted by atomic mass is 10.1. The minimum atomic E-state index is -3.36. The molecule has 2 N–H and O–H groups in total. The van der Waals surface area contributed by atoms with Gasteiger partial charge in [0, 0.05) is 11.1 Å². The first-order valence-electron chi connectivity index (χ1n) is 9.54. The van der Waals surface area contributed by atoms with Crippen molar-refractivity contribution in [1.82, 2.24) is 10.3 Å². The molecule has 0 aliphatic carbocycles. The third-order valence-corrected chi connectivity index (χ3v) is 6.53. The predicted molar refractivity (Wildman–Crippen MR) is 126 cm³/mol. The molecular weight excluding hydrogens is 434 g/mol. The summed E-state index contributed by atoms with van der Waals surface area (Å²) in [6.07, 6.45) is 5.22. The van der Waals surface area contributed by atoms with Crippen LogP contribution in [0.5, 0.6) is 5.75 Å². The molecule has 0 bridgehead atoms. The van der Waals surface area contributed by atoms with Crippen LogP contribution in [-0.2, 0) is 9.84 Å². The Bertz CT molecular complexity index is 1220. The van der Waals surface area contributed by atoms with Crippen LogP contribution in [0.4, 0.5) is 11.7 Å². The quantitative estimate of drug-likeness (QED) is 0.471. The van der Waals surface area contributed by atoms with Gasteiger partial charge >= 0.3 is 0 Å². The number of sulfone groups is 1. The highest BCUT2D eigenvalue weighted by Gasteiger charge is 2.16. The molecule has 1 heterocycles. The van der Waals surface area contributed by atoms with E-state index in [4.69, 9.17) is 21.4 Å². The second kappa shape index (κ2) is 9.76. The van der Waals surface area contributed by atoms with E-state index < -0.39 is 9.84 Å². The summed E-state index contributed by atoms with van der Waals surface area (Å²) in [5.41, 5.74) is 2.09. The van der Waals surface area contributed by atoms with Crippen LogP contribution in [0.2, 0.25) is 0 Å². The molecule has 9 heteroatoms. The van der Waals surface area contributed by atoms with E-state index in [1.54, 1.807) is 25.4 Å².